The normalized spacial score (nSPS) is 11.5. The molecule has 1 N–H and O–H groups in total. The van der Waals surface area contributed by atoms with Crippen molar-refractivity contribution in [3.63, 3.8) is 0 Å². The Balaban J connectivity index is 1.81. The number of rotatable bonds is 8. The van der Waals surface area contributed by atoms with Gasteiger partial charge < -0.3 is 15.0 Å². The average Bonchev–Trinajstić information content (AvgIpc) is 2.81. The lowest BCUT2D eigenvalue weighted by Gasteiger charge is -2.20. The second-order valence-corrected chi connectivity index (χ2v) is 8.66. The highest BCUT2D eigenvalue weighted by molar-refractivity contribution is 6.42. The van der Waals surface area contributed by atoms with Crippen molar-refractivity contribution in [2.24, 2.45) is 0 Å². The number of carbonyl (C=O) groups excluding carboxylic acids is 1. The monoisotopic (exact) mass is 502 g/mol. The molecule has 0 aliphatic rings. The van der Waals surface area contributed by atoms with Crippen molar-refractivity contribution in [2.45, 2.75) is 12.6 Å². The molecule has 170 valence electrons. The van der Waals surface area contributed by atoms with Crippen LogP contribution in [-0.4, -0.2) is 36.5 Å². The summed E-state index contributed by atoms with van der Waals surface area (Å²) in [4.78, 5) is 17.6. The van der Waals surface area contributed by atoms with Crippen LogP contribution in [0.3, 0.4) is 0 Å². The number of nitriles is 1. The number of halogens is 3. The third-order valence-corrected chi connectivity index (χ3v) is 5.81. The SMILES string of the molecule is CN(C)C(=O)COc1ccc(CN[C@@H](c2ccc(Cl)c(Cl)c2)c2ccc(Cl)cn2)cc1C#N. The molecule has 0 saturated carbocycles. The Morgan fingerprint density at radius 3 is 2.55 bits per heavy atom. The first-order valence-corrected chi connectivity index (χ1v) is 11.1. The van der Waals surface area contributed by atoms with Crippen molar-refractivity contribution in [1.82, 2.24) is 15.2 Å². The number of hydrogen-bond acceptors (Lipinski definition) is 5. The van der Waals surface area contributed by atoms with Crippen molar-refractivity contribution < 1.29 is 9.53 Å². The van der Waals surface area contributed by atoms with E-state index in [1.165, 1.54) is 4.90 Å². The Morgan fingerprint density at radius 2 is 1.91 bits per heavy atom. The summed E-state index contributed by atoms with van der Waals surface area (Å²) in [6, 6.07) is 16.1. The number of hydrogen-bond donors (Lipinski definition) is 1. The van der Waals surface area contributed by atoms with Gasteiger partial charge >= 0.3 is 0 Å². The Hall–Kier alpha value is -2.82. The first-order chi connectivity index (χ1) is 15.8. The maximum absolute atomic E-state index is 11.8. The number of likely N-dealkylation sites (N-methyl/N-ethyl adjacent to an activating group) is 1. The van der Waals surface area contributed by atoms with E-state index in [1.54, 1.807) is 50.6 Å². The van der Waals surface area contributed by atoms with Crippen LogP contribution in [0.15, 0.2) is 54.7 Å². The Bertz CT molecular complexity index is 1180. The molecule has 1 heterocycles. The zero-order valence-corrected chi connectivity index (χ0v) is 20.2. The highest BCUT2D eigenvalue weighted by atomic mass is 35.5. The summed E-state index contributed by atoms with van der Waals surface area (Å²) in [5, 5.41) is 14.4. The highest BCUT2D eigenvalue weighted by Gasteiger charge is 2.17. The Labute approximate surface area is 207 Å². The summed E-state index contributed by atoms with van der Waals surface area (Å²) >= 11 is 18.3. The van der Waals surface area contributed by atoms with Crippen molar-refractivity contribution >= 4 is 40.7 Å². The summed E-state index contributed by atoms with van der Waals surface area (Å²) in [6.45, 7) is 0.293. The van der Waals surface area contributed by atoms with Crippen molar-refractivity contribution in [1.29, 1.82) is 5.26 Å². The van der Waals surface area contributed by atoms with Crippen LogP contribution in [0.2, 0.25) is 15.1 Å². The molecule has 0 aliphatic carbocycles. The molecule has 0 fully saturated rings. The van der Waals surface area contributed by atoms with Crippen LogP contribution >= 0.6 is 34.8 Å². The summed E-state index contributed by atoms with van der Waals surface area (Å²) < 4.78 is 5.52. The number of amides is 1. The van der Waals surface area contributed by atoms with E-state index < -0.39 is 0 Å². The van der Waals surface area contributed by atoms with Gasteiger partial charge in [-0.15, -0.1) is 0 Å². The zero-order chi connectivity index (χ0) is 24.0. The van der Waals surface area contributed by atoms with Crippen molar-refractivity contribution in [2.75, 3.05) is 20.7 Å². The molecule has 9 heteroatoms. The highest BCUT2D eigenvalue weighted by Crippen LogP contribution is 2.29. The number of pyridine rings is 1. The molecule has 1 aromatic heterocycles. The minimum Gasteiger partial charge on any atom is -0.482 e. The van der Waals surface area contributed by atoms with Gasteiger partial charge in [-0.3, -0.25) is 9.78 Å². The van der Waals surface area contributed by atoms with Gasteiger partial charge in [0.25, 0.3) is 5.91 Å². The van der Waals surface area contributed by atoms with E-state index in [4.69, 9.17) is 39.5 Å². The first-order valence-electron chi connectivity index (χ1n) is 9.94. The van der Waals surface area contributed by atoms with E-state index in [2.05, 4.69) is 16.4 Å². The van der Waals surface area contributed by atoms with E-state index >= 15 is 0 Å². The van der Waals surface area contributed by atoms with E-state index in [1.807, 2.05) is 18.2 Å². The quantitative estimate of drug-likeness (QED) is 0.454. The fraction of sp³-hybridized carbons (Fsp3) is 0.208. The summed E-state index contributed by atoms with van der Waals surface area (Å²) in [5.41, 5.74) is 2.83. The lowest BCUT2D eigenvalue weighted by molar-refractivity contribution is -0.130. The second kappa shape index (κ2) is 11.4. The van der Waals surface area contributed by atoms with E-state index in [0.29, 0.717) is 32.9 Å². The third-order valence-electron chi connectivity index (χ3n) is 4.85. The number of ether oxygens (including phenoxy) is 1. The first kappa shape index (κ1) is 24.8. The van der Waals surface area contributed by atoms with Gasteiger partial charge in [-0.2, -0.15) is 5.26 Å². The predicted molar refractivity (Wildman–Crippen MR) is 130 cm³/mol. The summed E-state index contributed by atoms with van der Waals surface area (Å²) in [5.74, 6) is 0.168. The van der Waals surface area contributed by atoms with Crippen LogP contribution in [-0.2, 0) is 11.3 Å². The van der Waals surface area contributed by atoms with Gasteiger partial charge in [0.1, 0.15) is 11.8 Å². The molecular weight excluding hydrogens is 483 g/mol. The molecule has 3 aromatic rings. The zero-order valence-electron chi connectivity index (χ0n) is 18.0. The Morgan fingerprint density at radius 1 is 1.12 bits per heavy atom. The van der Waals surface area contributed by atoms with Crippen LogP contribution in [0.4, 0.5) is 0 Å². The van der Waals surface area contributed by atoms with Crippen LogP contribution in [0.25, 0.3) is 0 Å². The van der Waals surface area contributed by atoms with Gasteiger partial charge in [-0.05, 0) is 47.5 Å². The van der Waals surface area contributed by atoms with Crippen LogP contribution in [0.5, 0.6) is 5.75 Å². The molecule has 0 bridgehead atoms. The number of aromatic nitrogens is 1. The summed E-state index contributed by atoms with van der Waals surface area (Å²) in [6.07, 6.45) is 1.58. The fourth-order valence-corrected chi connectivity index (χ4v) is 3.45. The lowest BCUT2D eigenvalue weighted by atomic mass is 10.0. The molecular formula is C24H21Cl3N4O2. The predicted octanol–water partition coefficient (Wildman–Crippen LogP) is 5.26. The minimum absolute atomic E-state index is 0.138. The molecule has 1 atom stereocenters. The maximum atomic E-state index is 11.8. The molecule has 0 spiro atoms. The molecule has 2 aromatic carbocycles. The second-order valence-electron chi connectivity index (χ2n) is 7.41. The molecule has 3 rings (SSSR count). The maximum Gasteiger partial charge on any atom is 0.259 e. The number of benzene rings is 2. The van der Waals surface area contributed by atoms with Crippen LogP contribution in [0, 0.1) is 11.3 Å². The number of carbonyl (C=O) groups is 1. The molecule has 0 saturated heterocycles. The van der Waals surface area contributed by atoms with Crippen LogP contribution < -0.4 is 10.1 Å². The van der Waals surface area contributed by atoms with E-state index in [9.17, 15) is 10.1 Å². The van der Waals surface area contributed by atoms with E-state index in [-0.39, 0.29) is 18.6 Å². The van der Waals surface area contributed by atoms with Gasteiger partial charge in [0.15, 0.2) is 6.61 Å². The Kier molecular flexibility index (Phi) is 8.54. The van der Waals surface area contributed by atoms with Crippen molar-refractivity contribution in [3.05, 3.63) is 92.2 Å². The van der Waals surface area contributed by atoms with Gasteiger partial charge in [0.2, 0.25) is 0 Å². The number of nitrogens with one attached hydrogen (secondary N) is 1. The van der Waals surface area contributed by atoms with Crippen molar-refractivity contribution in [3.8, 4) is 11.8 Å². The van der Waals surface area contributed by atoms with Crippen LogP contribution in [0.1, 0.15) is 28.4 Å². The molecule has 0 radical (unpaired) electrons. The van der Waals surface area contributed by atoms with Gasteiger partial charge in [0.05, 0.1) is 32.4 Å². The molecule has 33 heavy (non-hydrogen) atoms. The van der Waals surface area contributed by atoms with E-state index in [0.717, 1.165) is 16.8 Å². The smallest absolute Gasteiger partial charge is 0.259 e. The van der Waals surface area contributed by atoms with Gasteiger partial charge in [0, 0.05) is 26.8 Å². The lowest BCUT2D eigenvalue weighted by Crippen LogP contribution is -2.27. The molecule has 1 amide bonds. The average molecular weight is 504 g/mol. The summed E-state index contributed by atoms with van der Waals surface area (Å²) in [7, 11) is 3.29. The van der Waals surface area contributed by atoms with Gasteiger partial charge in [-0.25, -0.2) is 0 Å². The van der Waals surface area contributed by atoms with Gasteiger partial charge in [-0.1, -0.05) is 46.9 Å². The standard InChI is InChI=1S/C24H21Cl3N4O2/c1-31(2)23(32)14-33-22-8-3-15(9-17(22)11-28)12-30-24(21-7-5-18(25)13-29-21)16-4-6-19(26)20(27)10-16/h3-10,13,24,30H,12,14H2,1-2H3/t24-/m0/s1. The largest absolute Gasteiger partial charge is 0.482 e. The third kappa shape index (κ3) is 6.59. The fourth-order valence-electron chi connectivity index (χ4n) is 3.03. The minimum atomic E-state index is -0.295. The molecule has 0 aliphatic heterocycles. The topological polar surface area (TPSA) is 78.2 Å². The number of nitrogens with zero attached hydrogens (tertiary/aromatic N) is 3. The molecule has 0 unspecified atom stereocenters. The molecule has 6 nitrogen and oxygen atoms in total.